The van der Waals surface area contributed by atoms with Gasteiger partial charge in [-0.1, -0.05) is 26.7 Å². The van der Waals surface area contributed by atoms with Crippen molar-refractivity contribution in [1.82, 2.24) is 0 Å². The van der Waals surface area contributed by atoms with Gasteiger partial charge in [0.1, 0.15) is 0 Å². The van der Waals surface area contributed by atoms with Gasteiger partial charge in [-0.25, -0.2) is 0 Å². The van der Waals surface area contributed by atoms with Crippen molar-refractivity contribution in [3.05, 3.63) is 0 Å². The number of carbonyl (C=O) groups is 1. The maximum Gasteiger partial charge on any atom is 0.303 e. The third-order valence-corrected chi connectivity index (χ3v) is 4.45. The average molecular weight is 213 g/mol. The second-order valence-electron chi connectivity index (χ2n) is 5.25. The van der Waals surface area contributed by atoms with Crippen LogP contribution in [0.15, 0.2) is 0 Å². The van der Waals surface area contributed by atoms with Gasteiger partial charge < -0.3 is 10.8 Å². The SMILES string of the molecule is CC1CCCC(CC(=O)O)(C(C)N)C1C. The summed E-state index contributed by atoms with van der Waals surface area (Å²) in [7, 11) is 0. The molecule has 0 radical (unpaired) electrons. The smallest absolute Gasteiger partial charge is 0.303 e. The number of hydrogen-bond acceptors (Lipinski definition) is 2. The molecule has 0 aromatic heterocycles. The second-order valence-corrected chi connectivity index (χ2v) is 5.25. The van der Waals surface area contributed by atoms with Gasteiger partial charge in [0.25, 0.3) is 0 Å². The lowest BCUT2D eigenvalue weighted by Gasteiger charge is -2.48. The monoisotopic (exact) mass is 213 g/mol. The molecule has 3 heteroatoms. The Balaban J connectivity index is 2.92. The number of hydrogen-bond donors (Lipinski definition) is 2. The molecule has 3 nitrogen and oxygen atoms in total. The van der Waals surface area contributed by atoms with E-state index >= 15 is 0 Å². The van der Waals surface area contributed by atoms with E-state index in [4.69, 9.17) is 10.8 Å². The fraction of sp³-hybridized carbons (Fsp3) is 0.917. The fourth-order valence-corrected chi connectivity index (χ4v) is 3.13. The zero-order chi connectivity index (χ0) is 11.6. The molecule has 0 heterocycles. The number of carboxylic acid groups (broad SMARTS) is 1. The molecule has 4 unspecified atom stereocenters. The highest BCUT2D eigenvalue weighted by Gasteiger charge is 2.45. The molecular formula is C12H23NO2. The molecule has 0 spiro atoms. The van der Waals surface area contributed by atoms with Crippen molar-refractivity contribution in [3.63, 3.8) is 0 Å². The van der Waals surface area contributed by atoms with Crippen molar-refractivity contribution in [2.75, 3.05) is 0 Å². The van der Waals surface area contributed by atoms with Gasteiger partial charge in [-0.2, -0.15) is 0 Å². The molecule has 1 aliphatic carbocycles. The summed E-state index contributed by atoms with van der Waals surface area (Å²) >= 11 is 0. The first-order valence-corrected chi connectivity index (χ1v) is 5.87. The van der Waals surface area contributed by atoms with Crippen molar-refractivity contribution in [2.45, 2.75) is 52.5 Å². The van der Waals surface area contributed by atoms with Crippen molar-refractivity contribution >= 4 is 5.97 Å². The molecule has 4 atom stereocenters. The van der Waals surface area contributed by atoms with Crippen LogP contribution >= 0.6 is 0 Å². The first-order chi connectivity index (χ1) is 6.90. The number of rotatable bonds is 3. The molecule has 0 saturated heterocycles. The molecular weight excluding hydrogens is 190 g/mol. The van der Waals surface area contributed by atoms with Crippen LogP contribution in [0, 0.1) is 17.3 Å². The van der Waals surface area contributed by atoms with Crippen LogP contribution in [0.4, 0.5) is 0 Å². The second kappa shape index (κ2) is 4.52. The van der Waals surface area contributed by atoms with Gasteiger partial charge in [-0.3, -0.25) is 4.79 Å². The van der Waals surface area contributed by atoms with Crippen LogP contribution in [0.25, 0.3) is 0 Å². The van der Waals surface area contributed by atoms with Gasteiger partial charge in [0.05, 0.1) is 6.42 Å². The molecule has 1 fully saturated rings. The minimum Gasteiger partial charge on any atom is -0.481 e. The summed E-state index contributed by atoms with van der Waals surface area (Å²) in [6.45, 7) is 6.33. The topological polar surface area (TPSA) is 63.3 Å². The largest absolute Gasteiger partial charge is 0.481 e. The molecule has 0 amide bonds. The van der Waals surface area contributed by atoms with Crippen molar-refractivity contribution in [2.24, 2.45) is 23.0 Å². The molecule has 0 aliphatic heterocycles. The standard InChI is InChI=1S/C12H23NO2/c1-8-5-4-6-12(9(8)2,10(3)13)7-11(14)15/h8-10H,4-7,13H2,1-3H3,(H,14,15). The Morgan fingerprint density at radius 2 is 2.20 bits per heavy atom. The first kappa shape index (κ1) is 12.5. The van der Waals surface area contributed by atoms with Crippen LogP contribution in [0.2, 0.25) is 0 Å². The summed E-state index contributed by atoms with van der Waals surface area (Å²) in [5.41, 5.74) is 5.85. The number of carboxylic acids is 1. The Morgan fingerprint density at radius 1 is 1.60 bits per heavy atom. The Bertz CT molecular complexity index is 240. The fourth-order valence-electron chi connectivity index (χ4n) is 3.13. The van der Waals surface area contributed by atoms with Gasteiger partial charge in [0.2, 0.25) is 0 Å². The third-order valence-electron chi connectivity index (χ3n) is 4.45. The average Bonchev–Trinajstić information content (AvgIpc) is 2.12. The molecule has 0 aromatic rings. The van der Waals surface area contributed by atoms with Crippen molar-refractivity contribution in [3.8, 4) is 0 Å². The molecule has 15 heavy (non-hydrogen) atoms. The van der Waals surface area contributed by atoms with E-state index in [1.807, 2.05) is 6.92 Å². The summed E-state index contributed by atoms with van der Waals surface area (Å²) in [6.07, 6.45) is 3.49. The summed E-state index contributed by atoms with van der Waals surface area (Å²) in [4.78, 5) is 11.0. The van der Waals surface area contributed by atoms with E-state index in [0.717, 1.165) is 12.8 Å². The maximum atomic E-state index is 11.0. The zero-order valence-electron chi connectivity index (χ0n) is 9.99. The third kappa shape index (κ3) is 2.33. The van der Waals surface area contributed by atoms with E-state index < -0.39 is 5.97 Å². The van der Waals surface area contributed by atoms with E-state index in [2.05, 4.69) is 13.8 Å². The Hall–Kier alpha value is -0.570. The number of aliphatic carboxylic acids is 1. The molecule has 3 N–H and O–H groups in total. The van der Waals surface area contributed by atoms with E-state index in [9.17, 15) is 4.79 Å². The van der Waals surface area contributed by atoms with Crippen LogP contribution in [0.5, 0.6) is 0 Å². The highest BCUT2D eigenvalue weighted by atomic mass is 16.4. The van der Waals surface area contributed by atoms with Gasteiger partial charge in [-0.15, -0.1) is 0 Å². The van der Waals surface area contributed by atoms with Crippen molar-refractivity contribution < 1.29 is 9.90 Å². The molecule has 1 saturated carbocycles. The lowest BCUT2D eigenvalue weighted by Crippen LogP contribution is -2.49. The molecule has 0 aromatic carbocycles. The minimum atomic E-state index is -0.715. The summed E-state index contributed by atoms with van der Waals surface area (Å²) < 4.78 is 0. The van der Waals surface area contributed by atoms with E-state index in [0.29, 0.717) is 11.8 Å². The van der Waals surface area contributed by atoms with Crippen LogP contribution in [-0.2, 0) is 4.79 Å². The lowest BCUT2D eigenvalue weighted by atomic mass is 9.58. The number of nitrogens with two attached hydrogens (primary N) is 1. The zero-order valence-corrected chi connectivity index (χ0v) is 9.99. The van der Waals surface area contributed by atoms with Crippen LogP contribution < -0.4 is 5.73 Å². The molecule has 1 aliphatic rings. The van der Waals surface area contributed by atoms with E-state index in [-0.39, 0.29) is 17.9 Å². The lowest BCUT2D eigenvalue weighted by molar-refractivity contribution is -0.142. The van der Waals surface area contributed by atoms with Gasteiger partial charge in [0.15, 0.2) is 0 Å². The minimum absolute atomic E-state index is 0.0358. The Kier molecular flexibility index (Phi) is 3.77. The molecule has 1 rings (SSSR count). The quantitative estimate of drug-likeness (QED) is 0.755. The van der Waals surface area contributed by atoms with Gasteiger partial charge in [0, 0.05) is 6.04 Å². The maximum absolute atomic E-state index is 11.0. The molecule has 0 bridgehead atoms. The van der Waals surface area contributed by atoms with Gasteiger partial charge in [-0.05, 0) is 30.6 Å². The predicted molar refractivity (Wildman–Crippen MR) is 60.5 cm³/mol. The van der Waals surface area contributed by atoms with Crippen LogP contribution in [-0.4, -0.2) is 17.1 Å². The Morgan fingerprint density at radius 3 is 2.67 bits per heavy atom. The first-order valence-electron chi connectivity index (χ1n) is 5.87. The van der Waals surface area contributed by atoms with Crippen molar-refractivity contribution in [1.29, 1.82) is 0 Å². The van der Waals surface area contributed by atoms with E-state index in [1.165, 1.54) is 6.42 Å². The van der Waals surface area contributed by atoms with E-state index in [1.54, 1.807) is 0 Å². The summed E-state index contributed by atoms with van der Waals surface area (Å²) in [5.74, 6) is 0.278. The summed E-state index contributed by atoms with van der Waals surface area (Å²) in [6, 6.07) is -0.0358. The summed E-state index contributed by atoms with van der Waals surface area (Å²) in [5, 5.41) is 9.03. The normalized spacial score (nSPS) is 38.7. The predicted octanol–water partition coefficient (Wildman–Crippen LogP) is 2.25. The molecule has 88 valence electrons. The highest BCUT2D eigenvalue weighted by Crippen LogP contribution is 2.48. The van der Waals surface area contributed by atoms with Crippen LogP contribution in [0.1, 0.15) is 46.5 Å². The highest BCUT2D eigenvalue weighted by molar-refractivity contribution is 5.68. The Labute approximate surface area is 92.0 Å². The van der Waals surface area contributed by atoms with Crippen LogP contribution in [0.3, 0.4) is 0 Å². The van der Waals surface area contributed by atoms with Gasteiger partial charge >= 0.3 is 5.97 Å².